The Balaban J connectivity index is 2.02. The first-order chi connectivity index (χ1) is 9.88. The largest absolute Gasteiger partial charge is 0.398 e. The standard InChI is InChI=1S/C14H22BrN3O2S/c1-11(10-18-7-3-2-4-8-18)17-21(19,20)14-6-5-12(15)9-13(14)16/h5-6,9,11,17H,2-4,7-8,10,16H2,1H3. The van der Waals surface area contributed by atoms with Gasteiger partial charge in [0.1, 0.15) is 4.90 Å². The first-order valence-electron chi connectivity index (χ1n) is 7.18. The molecule has 1 aliphatic rings. The highest BCUT2D eigenvalue weighted by Gasteiger charge is 2.22. The van der Waals surface area contributed by atoms with E-state index in [4.69, 9.17) is 5.73 Å². The van der Waals surface area contributed by atoms with Crippen molar-refractivity contribution in [3.8, 4) is 0 Å². The number of nitrogens with one attached hydrogen (secondary N) is 1. The van der Waals surface area contributed by atoms with Crippen LogP contribution in [0, 0.1) is 0 Å². The van der Waals surface area contributed by atoms with Gasteiger partial charge in [-0.25, -0.2) is 13.1 Å². The first kappa shape index (κ1) is 16.7. The second-order valence-electron chi connectivity index (χ2n) is 5.57. The van der Waals surface area contributed by atoms with Gasteiger partial charge in [-0.05, 0) is 51.1 Å². The third-order valence-electron chi connectivity index (χ3n) is 3.60. The Kier molecular flexibility index (Phi) is 5.65. The maximum atomic E-state index is 12.4. The van der Waals surface area contributed by atoms with Gasteiger partial charge < -0.3 is 10.6 Å². The molecule has 1 atom stereocenters. The summed E-state index contributed by atoms with van der Waals surface area (Å²) in [7, 11) is -3.58. The van der Waals surface area contributed by atoms with Crippen LogP contribution in [0.15, 0.2) is 27.6 Å². The Labute approximate surface area is 135 Å². The lowest BCUT2D eigenvalue weighted by Crippen LogP contribution is -2.43. The number of nitrogen functional groups attached to an aromatic ring is 1. The van der Waals surface area contributed by atoms with Crippen molar-refractivity contribution in [1.82, 2.24) is 9.62 Å². The predicted octanol–water partition coefficient (Wildman–Crippen LogP) is 2.18. The minimum Gasteiger partial charge on any atom is -0.398 e. The highest BCUT2D eigenvalue weighted by Crippen LogP contribution is 2.23. The number of halogens is 1. The van der Waals surface area contributed by atoms with Gasteiger partial charge in [0.25, 0.3) is 0 Å². The second-order valence-corrected chi connectivity index (χ2v) is 8.16. The van der Waals surface area contributed by atoms with Crippen LogP contribution >= 0.6 is 15.9 Å². The average Bonchev–Trinajstić information content (AvgIpc) is 2.38. The number of piperidine rings is 1. The van der Waals surface area contributed by atoms with Crippen molar-refractivity contribution in [2.45, 2.75) is 37.1 Å². The lowest BCUT2D eigenvalue weighted by atomic mass is 10.1. The summed E-state index contributed by atoms with van der Waals surface area (Å²) in [5.74, 6) is 0. The quantitative estimate of drug-likeness (QED) is 0.773. The van der Waals surface area contributed by atoms with Gasteiger partial charge in [-0.15, -0.1) is 0 Å². The number of nitrogens with zero attached hydrogens (tertiary/aromatic N) is 1. The third kappa shape index (κ3) is 4.67. The fourth-order valence-corrected chi connectivity index (χ4v) is 4.39. The highest BCUT2D eigenvalue weighted by atomic mass is 79.9. The maximum absolute atomic E-state index is 12.4. The summed E-state index contributed by atoms with van der Waals surface area (Å²) in [6, 6.07) is 4.66. The van der Waals surface area contributed by atoms with Crippen LogP contribution in [0.4, 0.5) is 5.69 Å². The molecule has 1 aromatic carbocycles. The van der Waals surface area contributed by atoms with Crippen molar-refractivity contribution < 1.29 is 8.42 Å². The molecule has 3 N–H and O–H groups in total. The zero-order chi connectivity index (χ0) is 15.5. The SMILES string of the molecule is CC(CN1CCCCC1)NS(=O)(=O)c1ccc(Br)cc1N. The number of hydrogen-bond acceptors (Lipinski definition) is 4. The number of sulfonamides is 1. The van der Waals surface area contributed by atoms with E-state index in [1.807, 2.05) is 6.92 Å². The summed E-state index contributed by atoms with van der Waals surface area (Å²) in [6.07, 6.45) is 3.66. The van der Waals surface area contributed by atoms with Crippen LogP contribution in [0.2, 0.25) is 0 Å². The molecule has 1 aliphatic heterocycles. The molecular formula is C14H22BrN3O2S. The molecule has 0 spiro atoms. The van der Waals surface area contributed by atoms with E-state index in [-0.39, 0.29) is 16.6 Å². The molecule has 5 nitrogen and oxygen atoms in total. The number of benzene rings is 1. The third-order valence-corrected chi connectivity index (χ3v) is 5.76. The first-order valence-corrected chi connectivity index (χ1v) is 9.46. The van der Waals surface area contributed by atoms with Crippen molar-refractivity contribution in [2.75, 3.05) is 25.4 Å². The predicted molar refractivity (Wildman–Crippen MR) is 88.6 cm³/mol. The Hall–Kier alpha value is -0.630. The number of hydrogen-bond donors (Lipinski definition) is 2. The minimum absolute atomic E-state index is 0.135. The van der Waals surface area contributed by atoms with Crippen LogP contribution in [-0.2, 0) is 10.0 Å². The zero-order valence-corrected chi connectivity index (χ0v) is 14.6. The summed E-state index contributed by atoms with van der Waals surface area (Å²) < 4.78 is 28.3. The molecule has 118 valence electrons. The summed E-state index contributed by atoms with van der Waals surface area (Å²) in [4.78, 5) is 2.44. The topological polar surface area (TPSA) is 75.4 Å². The van der Waals surface area contributed by atoms with Gasteiger partial charge in [0.15, 0.2) is 0 Å². The van der Waals surface area contributed by atoms with Gasteiger partial charge in [-0.2, -0.15) is 0 Å². The Morgan fingerprint density at radius 2 is 2.00 bits per heavy atom. The van der Waals surface area contributed by atoms with E-state index in [1.54, 1.807) is 12.1 Å². The molecule has 0 bridgehead atoms. The van der Waals surface area contributed by atoms with E-state index in [2.05, 4.69) is 25.6 Å². The van der Waals surface area contributed by atoms with Gasteiger partial charge in [-0.3, -0.25) is 0 Å². The molecule has 2 rings (SSSR count). The van der Waals surface area contributed by atoms with Crippen LogP contribution in [0.5, 0.6) is 0 Å². The van der Waals surface area contributed by atoms with Gasteiger partial charge in [0.2, 0.25) is 10.0 Å². The van der Waals surface area contributed by atoms with Crippen LogP contribution in [0.25, 0.3) is 0 Å². The van der Waals surface area contributed by atoms with Crippen LogP contribution in [0.1, 0.15) is 26.2 Å². The van der Waals surface area contributed by atoms with Gasteiger partial charge in [0.05, 0.1) is 5.69 Å². The lowest BCUT2D eigenvalue weighted by molar-refractivity contribution is 0.215. The number of nitrogens with two attached hydrogens (primary N) is 1. The molecule has 0 radical (unpaired) electrons. The summed E-state index contributed by atoms with van der Waals surface area (Å²) in [5, 5.41) is 0. The molecule has 0 amide bonds. The Bertz CT molecular complexity index is 586. The smallest absolute Gasteiger partial charge is 0.242 e. The molecule has 21 heavy (non-hydrogen) atoms. The van der Waals surface area contributed by atoms with Crippen LogP contribution in [0.3, 0.4) is 0 Å². The summed E-state index contributed by atoms with van der Waals surface area (Å²) in [5.41, 5.74) is 6.06. The van der Waals surface area contributed by atoms with E-state index >= 15 is 0 Å². The van der Waals surface area contributed by atoms with Crippen molar-refractivity contribution in [3.63, 3.8) is 0 Å². The zero-order valence-electron chi connectivity index (χ0n) is 12.2. The normalized spacial score (nSPS) is 18.6. The van der Waals surface area contributed by atoms with Crippen molar-refractivity contribution in [3.05, 3.63) is 22.7 Å². The molecule has 1 saturated heterocycles. The summed E-state index contributed by atoms with van der Waals surface area (Å²) in [6.45, 7) is 4.72. The molecule has 1 fully saturated rings. The minimum atomic E-state index is -3.58. The van der Waals surface area contributed by atoms with Gasteiger partial charge >= 0.3 is 0 Å². The molecule has 1 unspecified atom stereocenters. The molecular weight excluding hydrogens is 354 g/mol. The number of anilines is 1. The van der Waals surface area contributed by atoms with Crippen LogP contribution < -0.4 is 10.5 Å². The Morgan fingerprint density at radius 1 is 1.33 bits per heavy atom. The second kappa shape index (κ2) is 7.09. The van der Waals surface area contributed by atoms with E-state index in [1.165, 1.54) is 25.3 Å². The van der Waals surface area contributed by atoms with Crippen LogP contribution in [-0.4, -0.2) is 39.0 Å². The summed E-state index contributed by atoms with van der Waals surface area (Å²) >= 11 is 3.28. The van der Waals surface area contributed by atoms with Gasteiger partial charge in [0, 0.05) is 17.1 Å². The fourth-order valence-electron chi connectivity index (χ4n) is 2.66. The van der Waals surface area contributed by atoms with E-state index in [0.717, 1.165) is 24.1 Å². The molecule has 0 saturated carbocycles. The fraction of sp³-hybridized carbons (Fsp3) is 0.571. The van der Waals surface area contributed by atoms with E-state index in [0.29, 0.717) is 0 Å². The van der Waals surface area contributed by atoms with Crippen molar-refractivity contribution in [1.29, 1.82) is 0 Å². The number of rotatable bonds is 5. The monoisotopic (exact) mass is 375 g/mol. The lowest BCUT2D eigenvalue weighted by Gasteiger charge is -2.29. The average molecular weight is 376 g/mol. The number of likely N-dealkylation sites (tertiary alicyclic amines) is 1. The molecule has 1 aromatic rings. The van der Waals surface area contributed by atoms with Gasteiger partial charge in [-0.1, -0.05) is 22.4 Å². The maximum Gasteiger partial charge on any atom is 0.242 e. The van der Waals surface area contributed by atoms with Crippen molar-refractivity contribution in [2.24, 2.45) is 0 Å². The molecule has 0 aliphatic carbocycles. The molecule has 0 aromatic heterocycles. The highest BCUT2D eigenvalue weighted by molar-refractivity contribution is 9.10. The Morgan fingerprint density at radius 3 is 2.62 bits per heavy atom. The van der Waals surface area contributed by atoms with E-state index in [9.17, 15) is 8.42 Å². The van der Waals surface area contributed by atoms with Crippen molar-refractivity contribution >= 4 is 31.6 Å². The molecule has 1 heterocycles. The van der Waals surface area contributed by atoms with E-state index < -0.39 is 10.0 Å². The molecule has 7 heteroatoms.